The average Bonchev–Trinajstić information content (AvgIpc) is 3.33. The second-order valence-corrected chi connectivity index (χ2v) is 9.30. The van der Waals surface area contributed by atoms with E-state index in [1.54, 1.807) is 17.2 Å². The fraction of sp³-hybridized carbons (Fsp3) is 0.440. The molecular weight excluding hydrogens is 390 g/mol. The van der Waals surface area contributed by atoms with Gasteiger partial charge in [-0.3, -0.25) is 14.5 Å². The summed E-state index contributed by atoms with van der Waals surface area (Å²) in [6.07, 6.45) is 7.12. The quantitative estimate of drug-likeness (QED) is 0.668. The van der Waals surface area contributed by atoms with E-state index in [-0.39, 0.29) is 17.9 Å². The van der Waals surface area contributed by atoms with Crippen molar-refractivity contribution in [3.63, 3.8) is 0 Å². The Hall–Kier alpha value is -3.02. The minimum absolute atomic E-state index is 0.0938. The van der Waals surface area contributed by atoms with Crippen LogP contribution in [0.25, 0.3) is 11.1 Å². The third-order valence-electron chi connectivity index (χ3n) is 6.93. The van der Waals surface area contributed by atoms with Crippen molar-refractivity contribution in [2.24, 2.45) is 0 Å². The van der Waals surface area contributed by atoms with Crippen LogP contribution in [-0.4, -0.2) is 28.0 Å². The van der Waals surface area contributed by atoms with Crippen LogP contribution in [0, 0.1) is 13.8 Å². The predicted molar refractivity (Wildman–Crippen MR) is 120 cm³/mol. The SMILES string of the molecule is Cc1ccc(N2C(=O)c3cc4occc4n3CC2(C)C(=O)NC2CCCCC2)c(C)c1. The topological polar surface area (TPSA) is 67.5 Å². The van der Waals surface area contributed by atoms with Crippen molar-refractivity contribution in [3.05, 3.63) is 53.4 Å². The summed E-state index contributed by atoms with van der Waals surface area (Å²) in [4.78, 5) is 29.3. The molecule has 162 valence electrons. The number of hydrogen-bond acceptors (Lipinski definition) is 3. The lowest BCUT2D eigenvalue weighted by Crippen LogP contribution is -2.65. The molecule has 5 rings (SSSR count). The van der Waals surface area contributed by atoms with Crippen molar-refractivity contribution in [3.8, 4) is 0 Å². The maximum absolute atomic E-state index is 13.8. The van der Waals surface area contributed by atoms with Gasteiger partial charge in [0.25, 0.3) is 5.91 Å². The van der Waals surface area contributed by atoms with Gasteiger partial charge in [-0.05, 0) is 45.2 Å². The molecule has 2 aromatic heterocycles. The van der Waals surface area contributed by atoms with Gasteiger partial charge in [0.2, 0.25) is 5.91 Å². The third kappa shape index (κ3) is 3.16. The van der Waals surface area contributed by atoms with E-state index in [1.165, 1.54) is 6.42 Å². The highest BCUT2D eigenvalue weighted by Gasteiger charge is 2.49. The highest BCUT2D eigenvalue weighted by atomic mass is 16.3. The van der Waals surface area contributed by atoms with Crippen LogP contribution in [0.5, 0.6) is 0 Å². The summed E-state index contributed by atoms with van der Waals surface area (Å²) in [6, 6.07) is 9.83. The van der Waals surface area contributed by atoms with Gasteiger partial charge in [-0.15, -0.1) is 0 Å². The van der Waals surface area contributed by atoms with Crippen LogP contribution >= 0.6 is 0 Å². The Morgan fingerprint density at radius 3 is 2.65 bits per heavy atom. The van der Waals surface area contributed by atoms with Gasteiger partial charge in [0, 0.05) is 23.9 Å². The number of hydrogen-bond donors (Lipinski definition) is 1. The summed E-state index contributed by atoms with van der Waals surface area (Å²) in [5, 5.41) is 3.28. The number of amides is 2. The number of aryl methyl sites for hydroxylation is 2. The molecule has 1 aromatic carbocycles. The molecule has 1 aliphatic heterocycles. The molecule has 0 spiro atoms. The Balaban J connectivity index is 1.62. The summed E-state index contributed by atoms with van der Waals surface area (Å²) in [5.74, 6) is -0.269. The number of carbonyl (C=O) groups is 2. The Labute approximate surface area is 182 Å². The summed E-state index contributed by atoms with van der Waals surface area (Å²) < 4.78 is 7.49. The van der Waals surface area contributed by atoms with Gasteiger partial charge in [-0.2, -0.15) is 0 Å². The number of nitrogens with one attached hydrogen (secondary N) is 1. The van der Waals surface area contributed by atoms with E-state index in [0.717, 1.165) is 48.0 Å². The number of nitrogens with zero attached hydrogens (tertiary/aromatic N) is 2. The summed E-state index contributed by atoms with van der Waals surface area (Å²) in [6.45, 7) is 6.29. The van der Waals surface area contributed by atoms with E-state index in [2.05, 4.69) is 11.4 Å². The normalized spacial score (nSPS) is 22.0. The van der Waals surface area contributed by atoms with E-state index < -0.39 is 5.54 Å². The minimum Gasteiger partial charge on any atom is -0.463 e. The largest absolute Gasteiger partial charge is 0.463 e. The molecule has 3 heterocycles. The minimum atomic E-state index is -1.05. The molecule has 2 amide bonds. The van der Waals surface area contributed by atoms with Gasteiger partial charge in [0.15, 0.2) is 5.58 Å². The average molecular weight is 420 g/mol. The maximum atomic E-state index is 13.8. The van der Waals surface area contributed by atoms with Gasteiger partial charge < -0.3 is 14.3 Å². The Morgan fingerprint density at radius 1 is 1.13 bits per heavy atom. The van der Waals surface area contributed by atoms with Gasteiger partial charge in [0.1, 0.15) is 11.2 Å². The maximum Gasteiger partial charge on any atom is 0.276 e. The second-order valence-electron chi connectivity index (χ2n) is 9.30. The lowest BCUT2D eigenvalue weighted by atomic mass is 9.90. The molecule has 6 heteroatoms. The molecule has 1 unspecified atom stereocenters. The monoisotopic (exact) mass is 419 g/mol. The highest BCUT2D eigenvalue weighted by molar-refractivity contribution is 6.14. The van der Waals surface area contributed by atoms with E-state index in [0.29, 0.717) is 17.8 Å². The van der Waals surface area contributed by atoms with Crippen LogP contribution in [-0.2, 0) is 11.3 Å². The predicted octanol–water partition coefficient (Wildman–Crippen LogP) is 4.72. The zero-order valence-corrected chi connectivity index (χ0v) is 18.4. The fourth-order valence-corrected chi connectivity index (χ4v) is 5.23. The van der Waals surface area contributed by atoms with Crippen LogP contribution in [0.15, 0.2) is 41.0 Å². The van der Waals surface area contributed by atoms with E-state index in [9.17, 15) is 9.59 Å². The summed E-state index contributed by atoms with van der Waals surface area (Å²) in [5.41, 5.74) is 3.90. The van der Waals surface area contributed by atoms with E-state index >= 15 is 0 Å². The molecule has 2 aliphatic rings. The van der Waals surface area contributed by atoms with E-state index in [4.69, 9.17) is 4.42 Å². The second kappa shape index (κ2) is 7.29. The molecule has 0 radical (unpaired) electrons. The first kappa shape index (κ1) is 19.9. The molecule has 1 aliphatic carbocycles. The molecule has 0 bridgehead atoms. The molecular formula is C25H29N3O3. The molecule has 1 saturated carbocycles. The molecule has 31 heavy (non-hydrogen) atoms. The molecule has 1 atom stereocenters. The molecule has 6 nitrogen and oxygen atoms in total. The van der Waals surface area contributed by atoms with Crippen LogP contribution in [0.2, 0.25) is 0 Å². The van der Waals surface area contributed by atoms with Crippen molar-refractivity contribution in [1.82, 2.24) is 9.88 Å². The standard InChI is InChI=1S/C25H29N3O3/c1-16-9-10-19(17(2)13-16)28-23(29)21-14-22-20(11-12-31-22)27(21)15-25(28,3)24(30)26-18-7-5-4-6-8-18/h9-14,18H,4-8,15H2,1-3H3,(H,26,30). The number of rotatable bonds is 3. The lowest BCUT2D eigenvalue weighted by Gasteiger charge is -2.45. The Morgan fingerprint density at radius 2 is 1.90 bits per heavy atom. The first-order valence-corrected chi connectivity index (χ1v) is 11.2. The van der Waals surface area contributed by atoms with E-state index in [1.807, 2.05) is 43.5 Å². The Bertz CT molecular complexity index is 1170. The summed E-state index contributed by atoms with van der Waals surface area (Å²) in [7, 11) is 0. The van der Waals surface area contributed by atoms with Crippen molar-refractivity contribution >= 4 is 28.6 Å². The zero-order valence-electron chi connectivity index (χ0n) is 18.4. The van der Waals surface area contributed by atoms with Crippen LogP contribution in [0.3, 0.4) is 0 Å². The smallest absolute Gasteiger partial charge is 0.276 e. The van der Waals surface area contributed by atoms with Crippen LogP contribution < -0.4 is 10.2 Å². The number of carbonyl (C=O) groups excluding carboxylic acids is 2. The number of anilines is 1. The number of aromatic nitrogens is 1. The molecule has 1 fully saturated rings. The van der Waals surface area contributed by atoms with Gasteiger partial charge in [-0.25, -0.2) is 0 Å². The fourth-order valence-electron chi connectivity index (χ4n) is 5.23. The van der Waals surface area contributed by atoms with Gasteiger partial charge >= 0.3 is 0 Å². The van der Waals surface area contributed by atoms with Crippen molar-refractivity contribution in [2.75, 3.05) is 4.90 Å². The number of benzene rings is 1. The Kier molecular flexibility index (Phi) is 4.68. The summed E-state index contributed by atoms with van der Waals surface area (Å²) >= 11 is 0. The van der Waals surface area contributed by atoms with Gasteiger partial charge in [0.05, 0.1) is 18.3 Å². The van der Waals surface area contributed by atoms with Crippen LogP contribution in [0.1, 0.15) is 60.6 Å². The van der Waals surface area contributed by atoms with Crippen LogP contribution in [0.4, 0.5) is 5.69 Å². The van der Waals surface area contributed by atoms with Crippen molar-refractivity contribution in [2.45, 2.75) is 71.0 Å². The number of fused-ring (bicyclic) bond motifs is 3. The van der Waals surface area contributed by atoms with Crippen molar-refractivity contribution in [1.29, 1.82) is 0 Å². The highest BCUT2D eigenvalue weighted by Crippen LogP contribution is 2.38. The van der Waals surface area contributed by atoms with Gasteiger partial charge in [-0.1, -0.05) is 37.0 Å². The lowest BCUT2D eigenvalue weighted by molar-refractivity contribution is -0.127. The molecule has 3 aromatic rings. The molecule has 1 N–H and O–H groups in total. The zero-order chi connectivity index (χ0) is 21.8. The third-order valence-corrected chi connectivity index (χ3v) is 6.93. The first-order valence-electron chi connectivity index (χ1n) is 11.2. The molecule has 0 saturated heterocycles. The van der Waals surface area contributed by atoms with Crippen molar-refractivity contribution < 1.29 is 14.0 Å². The number of furan rings is 1. The first-order chi connectivity index (χ1) is 14.9.